The van der Waals surface area contributed by atoms with Crippen LogP contribution in [0.5, 0.6) is 0 Å². The molecule has 1 unspecified atom stereocenters. The summed E-state index contributed by atoms with van der Waals surface area (Å²) >= 11 is 0. The molecule has 1 aliphatic carbocycles. The molecule has 6 heteroatoms. The van der Waals surface area contributed by atoms with Gasteiger partial charge in [0.2, 0.25) is 5.91 Å². The van der Waals surface area contributed by atoms with Gasteiger partial charge in [0.05, 0.1) is 0 Å². The third-order valence-electron chi connectivity index (χ3n) is 5.82. The van der Waals surface area contributed by atoms with E-state index < -0.39 is 11.6 Å². The molecule has 6 nitrogen and oxygen atoms in total. The Labute approximate surface area is 170 Å². The third-order valence-corrected chi connectivity index (χ3v) is 5.82. The number of hydrogen-bond acceptors (Lipinski definition) is 3. The first-order valence-electron chi connectivity index (χ1n) is 9.99. The van der Waals surface area contributed by atoms with E-state index in [4.69, 9.17) is 0 Å². The number of rotatable bonds is 4. The van der Waals surface area contributed by atoms with Gasteiger partial charge in [-0.1, -0.05) is 50.2 Å². The summed E-state index contributed by atoms with van der Waals surface area (Å²) in [6.07, 6.45) is 1.73. The maximum absolute atomic E-state index is 13.1. The fraction of sp³-hybridized carbons (Fsp3) is 0.348. The molecular weight excluding hydrogens is 366 g/mol. The Morgan fingerprint density at radius 3 is 2.66 bits per heavy atom. The number of carbonyl (C=O) groups excluding carboxylic acids is 3. The van der Waals surface area contributed by atoms with Crippen LogP contribution in [0.2, 0.25) is 0 Å². The van der Waals surface area contributed by atoms with Crippen molar-refractivity contribution < 1.29 is 14.4 Å². The summed E-state index contributed by atoms with van der Waals surface area (Å²) in [5, 5.41) is 5.66. The quantitative estimate of drug-likeness (QED) is 0.786. The Hall–Kier alpha value is -3.15. The number of fused-ring (bicyclic) bond motifs is 1. The summed E-state index contributed by atoms with van der Waals surface area (Å²) < 4.78 is 0. The number of hydrogen-bond donors (Lipinski definition) is 2. The predicted molar refractivity (Wildman–Crippen MR) is 111 cm³/mol. The van der Waals surface area contributed by atoms with E-state index in [1.807, 2.05) is 36.4 Å². The molecule has 0 bridgehead atoms. The van der Waals surface area contributed by atoms with E-state index in [2.05, 4.69) is 30.5 Å². The van der Waals surface area contributed by atoms with E-state index in [1.165, 1.54) is 5.56 Å². The standard InChI is InChI=1S/C23H25N3O3/c1-15(2)17-8-5-9-19(12-17)24-20(27)14-26-21(28)23(25-22(26)29)11-10-16-6-3-4-7-18(16)13-23/h3-9,12,15H,10-11,13-14H2,1-2H3,(H,24,27)(H,25,29). The number of benzene rings is 2. The normalized spacial score (nSPS) is 20.7. The van der Waals surface area contributed by atoms with Gasteiger partial charge in [0, 0.05) is 12.1 Å². The predicted octanol–water partition coefficient (Wildman–Crippen LogP) is 3.23. The molecule has 4 amide bonds. The molecule has 150 valence electrons. The van der Waals surface area contributed by atoms with E-state index >= 15 is 0 Å². The SMILES string of the molecule is CC(C)c1cccc(NC(=O)CN2C(=O)NC3(CCc4ccccc4C3)C2=O)c1. The third kappa shape index (κ3) is 3.62. The molecule has 1 saturated heterocycles. The highest BCUT2D eigenvalue weighted by atomic mass is 16.2. The molecular formula is C23H25N3O3. The van der Waals surface area contributed by atoms with Crippen molar-refractivity contribution in [3.8, 4) is 0 Å². The van der Waals surface area contributed by atoms with E-state index in [1.54, 1.807) is 6.07 Å². The van der Waals surface area contributed by atoms with E-state index in [9.17, 15) is 14.4 Å². The summed E-state index contributed by atoms with van der Waals surface area (Å²) in [6, 6.07) is 15.1. The van der Waals surface area contributed by atoms with Gasteiger partial charge in [0.15, 0.2) is 0 Å². The lowest BCUT2D eigenvalue weighted by Gasteiger charge is -2.32. The Bertz CT molecular complexity index is 985. The molecule has 2 N–H and O–H groups in total. The Morgan fingerprint density at radius 2 is 1.90 bits per heavy atom. The Morgan fingerprint density at radius 1 is 1.14 bits per heavy atom. The van der Waals surface area contributed by atoms with Gasteiger partial charge in [-0.3, -0.25) is 14.5 Å². The Balaban J connectivity index is 1.46. The second kappa shape index (κ2) is 7.35. The van der Waals surface area contributed by atoms with E-state index in [0.29, 0.717) is 24.4 Å². The minimum absolute atomic E-state index is 0.292. The second-order valence-electron chi connectivity index (χ2n) is 8.18. The van der Waals surface area contributed by atoms with Crippen molar-refractivity contribution in [2.45, 2.75) is 44.6 Å². The van der Waals surface area contributed by atoms with Crippen LogP contribution in [0.1, 0.15) is 42.9 Å². The lowest BCUT2D eigenvalue weighted by Crippen LogP contribution is -2.51. The molecule has 1 atom stereocenters. The number of anilines is 1. The number of nitrogens with zero attached hydrogens (tertiary/aromatic N) is 1. The monoisotopic (exact) mass is 391 g/mol. The zero-order chi connectivity index (χ0) is 20.6. The van der Waals surface area contributed by atoms with Crippen LogP contribution in [-0.4, -0.2) is 34.8 Å². The lowest BCUT2D eigenvalue weighted by molar-refractivity contribution is -0.134. The van der Waals surface area contributed by atoms with Gasteiger partial charge in [-0.25, -0.2) is 4.79 Å². The molecule has 0 radical (unpaired) electrons. The van der Waals surface area contributed by atoms with Crippen LogP contribution in [0.3, 0.4) is 0 Å². The summed E-state index contributed by atoms with van der Waals surface area (Å²) in [5.41, 5.74) is 3.11. The first-order chi connectivity index (χ1) is 13.9. The maximum atomic E-state index is 13.1. The molecule has 2 aliphatic rings. The van der Waals surface area contributed by atoms with Gasteiger partial charge in [-0.2, -0.15) is 0 Å². The fourth-order valence-electron chi connectivity index (χ4n) is 4.16. The lowest BCUT2D eigenvalue weighted by atomic mass is 9.78. The highest BCUT2D eigenvalue weighted by Gasteiger charge is 2.52. The largest absolute Gasteiger partial charge is 0.325 e. The second-order valence-corrected chi connectivity index (χ2v) is 8.18. The average Bonchev–Trinajstić information content (AvgIpc) is 2.92. The van der Waals surface area contributed by atoms with Crippen LogP contribution in [0.25, 0.3) is 0 Å². The molecule has 0 saturated carbocycles. The van der Waals surface area contributed by atoms with Crippen LogP contribution in [-0.2, 0) is 22.4 Å². The highest BCUT2D eigenvalue weighted by Crippen LogP contribution is 2.33. The zero-order valence-electron chi connectivity index (χ0n) is 16.7. The summed E-state index contributed by atoms with van der Waals surface area (Å²) in [6.45, 7) is 3.87. The molecule has 0 aromatic heterocycles. The van der Waals surface area contributed by atoms with Gasteiger partial charge in [-0.15, -0.1) is 0 Å². The molecule has 1 fully saturated rings. The molecule has 29 heavy (non-hydrogen) atoms. The summed E-state index contributed by atoms with van der Waals surface area (Å²) in [7, 11) is 0. The first-order valence-corrected chi connectivity index (χ1v) is 9.99. The van der Waals surface area contributed by atoms with Crippen molar-refractivity contribution >= 4 is 23.5 Å². The van der Waals surface area contributed by atoms with Crippen molar-refractivity contribution in [1.82, 2.24) is 10.2 Å². The van der Waals surface area contributed by atoms with Crippen molar-refractivity contribution in [3.63, 3.8) is 0 Å². The molecule has 2 aromatic carbocycles. The van der Waals surface area contributed by atoms with E-state index in [0.717, 1.165) is 22.4 Å². The summed E-state index contributed by atoms with van der Waals surface area (Å²) in [5.74, 6) is -0.363. The van der Waals surface area contributed by atoms with Gasteiger partial charge in [0.1, 0.15) is 12.1 Å². The Kier molecular flexibility index (Phi) is 4.86. The summed E-state index contributed by atoms with van der Waals surface area (Å²) in [4.78, 5) is 39.2. The van der Waals surface area contributed by atoms with Crippen molar-refractivity contribution in [2.24, 2.45) is 0 Å². The molecule has 1 aliphatic heterocycles. The minimum atomic E-state index is -0.941. The smallest absolute Gasteiger partial charge is 0.325 e. The number of nitrogens with one attached hydrogen (secondary N) is 2. The van der Waals surface area contributed by atoms with Crippen LogP contribution >= 0.6 is 0 Å². The van der Waals surface area contributed by atoms with Crippen LogP contribution in [0, 0.1) is 0 Å². The van der Waals surface area contributed by atoms with Crippen LogP contribution < -0.4 is 10.6 Å². The maximum Gasteiger partial charge on any atom is 0.325 e. The zero-order valence-corrected chi connectivity index (χ0v) is 16.7. The highest BCUT2D eigenvalue weighted by molar-refractivity contribution is 6.10. The van der Waals surface area contributed by atoms with Gasteiger partial charge in [-0.05, 0) is 47.6 Å². The van der Waals surface area contributed by atoms with Crippen molar-refractivity contribution in [1.29, 1.82) is 0 Å². The number of aryl methyl sites for hydroxylation is 1. The first kappa shape index (κ1) is 19.2. The number of urea groups is 1. The number of carbonyl (C=O) groups is 3. The number of imide groups is 1. The average molecular weight is 391 g/mol. The van der Waals surface area contributed by atoms with Crippen LogP contribution in [0.15, 0.2) is 48.5 Å². The van der Waals surface area contributed by atoms with Gasteiger partial charge >= 0.3 is 6.03 Å². The minimum Gasteiger partial charge on any atom is -0.325 e. The molecule has 4 rings (SSSR count). The fourth-order valence-corrected chi connectivity index (χ4v) is 4.16. The molecule has 1 heterocycles. The van der Waals surface area contributed by atoms with Crippen LogP contribution in [0.4, 0.5) is 10.5 Å². The van der Waals surface area contributed by atoms with E-state index in [-0.39, 0.29) is 18.4 Å². The van der Waals surface area contributed by atoms with Crippen molar-refractivity contribution in [3.05, 3.63) is 65.2 Å². The molecule has 2 aromatic rings. The van der Waals surface area contributed by atoms with Gasteiger partial charge < -0.3 is 10.6 Å². The van der Waals surface area contributed by atoms with Gasteiger partial charge in [0.25, 0.3) is 5.91 Å². The van der Waals surface area contributed by atoms with Crippen molar-refractivity contribution in [2.75, 3.05) is 11.9 Å². The topological polar surface area (TPSA) is 78.5 Å². The molecule has 1 spiro atoms. The number of amides is 4.